The molecule has 0 unspecified atom stereocenters. The molecule has 1 aliphatic carbocycles. The van der Waals surface area contributed by atoms with E-state index in [-0.39, 0.29) is 53.1 Å². The minimum absolute atomic E-state index is 0. The molecule has 0 aromatic heterocycles. The average molecular weight is 368 g/mol. The Hall–Kier alpha value is -0.826. The summed E-state index contributed by atoms with van der Waals surface area (Å²) in [6, 6.07) is 20.8. The minimum atomic E-state index is 0. The summed E-state index contributed by atoms with van der Waals surface area (Å²) < 4.78 is 0. The van der Waals surface area contributed by atoms with E-state index in [4.69, 9.17) is 5.11 Å². The van der Waals surface area contributed by atoms with Crippen LogP contribution in [0.15, 0.2) is 78.9 Å². The number of hydrogen-bond donors (Lipinski definition) is 1. The number of halogens is 2. The zero-order chi connectivity index (χ0) is 13.3. The summed E-state index contributed by atoms with van der Waals surface area (Å²) in [7, 11) is 0. The molecular weight excluding hydrogens is 351 g/mol. The van der Waals surface area contributed by atoms with E-state index in [1.807, 2.05) is 48.5 Å². The van der Waals surface area contributed by atoms with Crippen LogP contribution >= 0.6 is 0 Å². The zero-order valence-corrected chi connectivity index (χ0v) is 15.1. The molecule has 1 nitrogen and oxygen atoms in total. The van der Waals surface area contributed by atoms with Gasteiger partial charge in [-0.2, -0.15) is 35.9 Å². The zero-order valence-electron chi connectivity index (χ0n) is 12.0. The summed E-state index contributed by atoms with van der Waals surface area (Å²) in [6.07, 6.45) is 8.49. The molecule has 22 heavy (non-hydrogen) atoms. The Morgan fingerprint density at radius 3 is 1.91 bits per heavy atom. The van der Waals surface area contributed by atoms with Crippen LogP contribution < -0.4 is 24.8 Å². The Labute approximate surface area is 159 Å². The number of aliphatic hydroxyl groups is 1. The van der Waals surface area contributed by atoms with Crippen LogP contribution in [0.5, 0.6) is 0 Å². The quantitative estimate of drug-likeness (QED) is 0.475. The van der Waals surface area contributed by atoms with Gasteiger partial charge in [-0.1, -0.05) is 54.6 Å². The fourth-order valence-electron chi connectivity index (χ4n) is 1.84. The van der Waals surface area contributed by atoms with Crippen LogP contribution in [0.4, 0.5) is 0 Å². The monoisotopic (exact) mass is 367 g/mol. The fraction of sp³-hybridized carbons (Fsp3) is 0.111. The fourth-order valence-corrected chi connectivity index (χ4v) is 1.84. The summed E-state index contributed by atoms with van der Waals surface area (Å²) in [5, 5.41) is 8.54. The molecule has 0 amide bonds. The Bertz CT molecular complexity index is 530. The standard InChI is InChI=1S/C11H9.C7H8O.2ClH.Ti/c1-2-6-10(7-3-1)11-8-4-5-9-11;8-6-7-4-2-1-3-5-7;;;/h1-6,8-9,11H;1-5,8H,6H2;2*1H;/q-1;;;;+3/p-2. The van der Waals surface area contributed by atoms with Crippen LogP contribution in [0.3, 0.4) is 0 Å². The normalized spacial score (nSPS) is 11.3. The molecule has 0 heterocycles. The van der Waals surface area contributed by atoms with Crippen molar-refractivity contribution >= 4 is 0 Å². The van der Waals surface area contributed by atoms with E-state index in [2.05, 4.69) is 36.4 Å². The molecule has 1 aliphatic rings. The van der Waals surface area contributed by atoms with Gasteiger partial charge in [0.2, 0.25) is 0 Å². The van der Waals surface area contributed by atoms with Crippen molar-refractivity contribution in [2.24, 2.45) is 0 Å². The minimum Gasteiger partial charge on any atom is -1.00 e. The first-order valence-corrected chi connectivity index (χ1v) is 6.36. The molecule has 0 bridgehead atoms. The molecule has 0 fully saturated rings. The van der Waals surface area contributed by atoms with Gasteiger partial charge in [-0.3, -0.25) is 0 Å². The molecule has 0 saturated heterocycles. The van der Waals surface area contributed by atoms with E-state index < -0.39 is 0 Å². The predicted octanol–water partition coefficient (Wildman–Crippen LogP) is -2.12. The largest absolute Gasteiger partial charge is 3.00 e. The molecule has 0 aliphatic heterocycles. The summed E-state index contributed by atoms with van der Waals surface area (Å²) in [6.45, 7) is 0.140. The van der Waals surface area contributed by atoms with Crippen molar-refractivity contribution in [3.63, 3.8) is 0 Å². The van der Waals surface area contributed by atoms with Gasteiger partial charge in [0.05, 0.1) is 6.61 Å². The molecule has 1 N–H and O–H groups in total. The van der Waals surface area contributed by atoms with Crippen molar-refractivity contribution in [3.05, 3.63) is 96.1 Å². The molecule has 0 saturated carbocycles. The maximum absolute atomic E-state index is 8.54. The molecule has 1 radical (unpaired) electrons. The van der Waals surface area contributed by atoms with Gasteiger partial charge >= 0.3 is 21.7 Å². The molecule has 3 rings (SSSR count). The summed E-state index contributed by atoms with van der Waals surface area (Å²) >= 11 is 0. The number of rotatable bonds is 2. The summed E-state index contributed by atoms with van der Waals surface area (Å²) in [4.78, 5) is 0. The van der Waals surface area contributed by atoms with Crippen molar-refractivity contribution in [2.75, 3.05) is 0 Å². The van der Waals surface area contributed by atoms with Crippen LogP contribution in [0, 0.1) is 6.07 Å². The summed E-state index contributed by atoms with van der Waals surface area (Å²) in [5.74, 6) is 0.455. The number of benzene rings is 2. The van der Waals surface area contributed by atoms with E-state index >= 15 is 0 Å². The number of hydrogen-bond acceptors (Lipinski definition) is 1. The Balaban J connectivity index is 0. The van der Waals surface area contributed by atoms with Gasteiger partial charge in [0.1, 0.15) is 0 Å². The first-order valence-electron chi connectivity index (χ1n) is 6.36. The Kier molecular flexibility index (Phi) is 14.7. The molecule has 2 aromatic rings. The van der Waals surface area contributed by atoms with Crippen molar-refractivity contribution in [3.8, 4) is 0 Å². The van der Waals surface area contributed by atoms with E-state index in [0.29, 0.717) is 5.92 Å². The van der Waals surface area contributed by atoms with Crippen LogP contribution in [0.2, 0.25) is 0 Å². The van der Waals surface area contributed by atoms with E-state index in [1.54, 1.807) is 0 Å². The molecule has 4 heteroatoms. The maximum Gasteiger partial charge on any atom is 3.00 e. The second kappa shape index (κ2) is 13.8. The van der Waals surface area contributed by atoms with Crippen molar-refractivity contribution < 1.29 is 51.6 Å². The van der Waals surface area contributed by atoms with Crippen molar-refractivity contribution in [2.45, 2.75) is 12.5 Å². The first-order chi connectivity index (χ1) is 9.40. The third-order valence-electron chi connectivity index (χ3n) is 2.87. The topological polar surface area (TPSA) is 20.2 Å². The van der Waals surface area contributed by atoms with Crippen LogP contribution in [0.1, 0.15) is 17.0 Å². The van der Waals surface area contributed by atoms with Gasteiger partial charge < -0.3 is 29.9 Å². The smallest absolute Gasteiger partial charge is 1.00 e. The number of allylic oxidation sites excluding steroid dienone is 4. The van der Waals surface area contributed by atoms with Crippen LogP contribution in [-0.2, 0) is 28.3 Å². The van der Waals surface area contributed by atoms with Gasteiger partial charge in [-0.15, -0.1) is 0 Å². The van der Waals surface area contributed by atoms with Crippen molar-refractivity contribution in [1.29, 1.82) is 0 Å². The molecule has 0 spiro atoms. The Morgan fingerprint density at radius 2 is 1.45 bits per heavy atom. The van der Waals surface area contributed by atoms with Gasteiger partial charge in [-0.05, 0) is 11.5 Å². The second-order valence-electron chi connectivity index (χ2n) is 4.26. The third-order valence-corrected chi connectivity index (χ3v) is 2.87. The van der Waals surface area contributed by atoms with Crippen molar-refractivity contribution in [1.82, 2.24) is 0 Å². The van der Waals surface area contributed by atoms with Crippen LogP contribution in [0.25, 0.3) is 0 Å². The third kappa shape index (κ3) is 7.98. The number of aliphatic hydroxyl groups excluding tert-OH is 1. The molecule has 113 valence electrons. The van der Waals surface area contributed by atoms with E-state index in [0.717, 1.165) is 5.56 Å². The molecule has 2 aromatic carbocycles. The van der Waals surface area contributed by atoms with E-state index in [9.17, 15) is 0 Å². The van der Waals surface area contributed by atoms with Crippen LogP contribution in [-0.4, -0.2) is 5.11 Å². The molecule has 0 atom stereocenters. The maximum atomic E-state index is 8.54. The van der Waals surface area contributed by atoms with E-state index in [1.165, 1.54) is 5.56 Å². The average Bonchev–Trinajstić information content (AvgIpc) is 3.04. The van der Waals surface area contributed by atoms with Gasteiger partial charge in [0.25, 0.3) is 0 Å². The SMILES string of the molecule is OCc1ccccc1.[Cl-].[Cl-].[Ti+3].[c-]1ccccc1C1C=CC=C1. The van der Waals surface area contributed by atoms with Gasteiger partial charge in [0.15, 0.2) is 0 Å². The molecular formula is C18H17Cl2OTi. The van der Waals surface area contributed by atoms with Gasteiger partial charge in [0, 0.05) is 0 Å². The van der Waals surface area contributed by atoms with Gasteiger partial charge in [-0.25, -0.2) is 0 Å². The Morgan fingerprint density at radius 1 is 0.864 bits per heavy atom. The second-order valence-corrected chi connectivity index (χ2v) is 4.26. The first kappa shape index (κ1) is 23.4. The summed E-state index contributed by atoms with van der Waals surface area (Å²) in [5.41, 5.74) is 2.21. The predicted molar refractivity (Wildman–Crippen MR) is 78.7 cm³/mol.